The van der Waals surface area contributed by atoms with Gasteiger partial charge in [-0.25, -0.2) is 4.98 Å². The van der Waals surface area contributed by atoms with Crippen LogP contribution in [0.5, 0.6) is 17.2 Å². The zero-order chi connectivity index (χ0) is 26.1. The Bertz CT molecular complexity index is 1420. The molecule has 3 aromatic carbocycles. The second-order valence-electron chi connectivity index (χ2n) is 9.69. The summed E-state index contributed by atoms with van der Waals surface area (Å²) in [4.78, 5) is 19.5. The van der Waals surface area contributed by atoms with Gasteiger partial charge in [0.1, 0.15) is 17.4 Å². The number of imidazole rings is 1. The Labute approximate surface area is 217 Å². The average molecular weight is 500 g/mol. The van der Waals surface area contributed by atoms with E-state index in [1.165, 1.54) is 0 Å². The molecule has 7 nitrogen and oxygen atoms in total. The number of aryl methyl sites for hydroxylation is 1. The first-order valence-electron chi connectivity index (χ1n) is 12.6. The number of aromatic nitrogens is 2. The van der Waals surface area contributed by atoms with Gasteiger partial charge >= 0.3 is 0 Å². The van der Waals surface area contributed by atoms with Crippen molar-refractivity contribution in [3.05, 3.63) is 72.6 Å². The van der Waals surface area contributed by atoms with Crippen LogP contribution in [0.25, 0.3) is 22.2 Å². The minimum atomic E-state index is -0.157. The van der Waals surface area contributed by atoms with E-state index in [1.807, 2.05) is 59.0 Å². The van der Waals surface area contributed by atoms with Crippen LogP contribution < -0.4 is 14.2 Å². The fourth-order valence-electron chi connectivity index (χ4n) is 5.18. The molecule has 5 rings (SSSR count). The molecule has 0 radical (unpaired) electrons. The zero-order valence-electron chi connectivity index (χ0n) is 22.0. The number of benzene rings is 3. The summed E-state index contributed by atoms with van der Waals surface area (Å²) in [6, 6.07) is 20.1. The van der Waals surface area contributed by atoms with Gasteiger partial charge in [0, 0.05) is 25.9 Å². The molecule has 4 aromatic rings. The maximum absolute atomic E-state index is 13.0. The van der Waals surface area contributed by atoms with E-state index in [4.69, 9.17) is 14.2 Å². The molecule has 1 aliphatic heterocycles. The third kappa shape index (κ3) is 4.73. The number of likely N-dealkylation sites (tertiary alicyclic amines) is 1. The molecule has 2 heterocycles. The van der Waals surface area contributed by atoms with Gasteiger partial charge in [0.15, 0.2) is 11.5 Å². The molecule has 0 saturated carbocycles. The quantitative estimate of drug-likeness (QED) is 0.314. The van der Waals surface area contributed by atoms with Gasteiger partial charge in [0.2, 0.25) is 5.91 Å². The van der Waals surface area contributed by atoms with Gasteiger partial charge in [-0.2, -0.15) is 0 Å². The third-order valence-corrected chi connectivity index (χ3v) is 7.41. The first-order chi connectivity index (χ1) is 17.9. The van der Waals surface area contributed by atoms with Crippen LogP contribution in [0.1, 0.15) is 31.9 Å². The van der Waals surface area contributed by atoms with E-state index >= 15 is 0 Å². The van der Waals surface area contributed by atoms with Crippen LogP contribution in [0.15, 0.2) is 67.0 Å². The molecule has 1 fully saturated rings. The molecule has 0 spiro atoms. The van der Waals surface area contributed by atoms with Crippen molar-refractivity contribution in [3.63, 3.8) is 0 Å². The lowest BCUT2D eigenvalue weighted by Crippen LogP contribution is -2.31. The van der Waals surface area contributed by atoms with Gasteiger partial charge < -0.3 is 23.7 Å². The van der Waals surface area contributed by atoms with E-state index in [0.29, 0.717) is 24.5 Å². The van der Waals surface area contributed by atoms with Crippen molar-refractivity contribution >= 4 is 16.9 Å². The average Bonchev–Trinajstić information content (AvgIpc) is 3.50. The summed E-state index contributed by atoms with van der Waals surface area (Å²) in [5.41, 5.74) is 4.86. The first-order valence-corrected chi connectivity index (χ1v) is 12.6. The number of fused-ring (bicyclic) bond motifs is 1. The second kappa shape index (κ2) is 10.2. The molecule has 0 bridgehead atoms. The van der Waals surface area contributed by atoms with Gasteiger partial charge in [-0.05, 0) is 54.8 Å². The van der Waals surface area contributed by atoms with Crippen molar-refractivity contribution in [2.24, 2.45) is 13.0 Å². The molecule has 0 aliphatic carbocycles. The molecule has 192 valence electrons. The smallest absolute Gasteiger partial charge is 0.223 e. The van der Waals surface area contributed by atoms with Crippen LogP contribution in [0.4, 0.5) is 0 Å². The predicted molar refractivity (Wildman–Crippen MR) is 144 cm³/mol. The second-order valence-corrected chi connectivity index (χ2v) is 9.69. The predicted octanol–water partition coefficient (Wildman–Crippen LogP) is 5.63. The van der Waals surface area contributed by atoms with E-state index in [2.05, 4.69) is 37.0 Å². The first kappa shape index (κ1) is 24.7. The number of amides is 1. The summed E-state index contributed by atoms with van der Waals surface area (Å²) in [6.45, 7) is 4.81. The monoisotopic (exact) mass is 499 g/mol. The maximum atomic E-state index is 13.0. The molecule has 0 unspecified atom stereocenters. The van der Waals surface area contributed by atoms with Gasteiger partial charge in [0.05, 0.1) is 32.1 Å². The van der Waals surface area contributed by atoms with Crippen molar-refractivity contribution in [1.29, 1.82) is 0 Å². The Morgan fingerprint density at radius 2 is 1.65 bits per heavy atom. The zero-order valence-corrected chi connectivity index (χ0v) is 22.0. The van der Waals surface area contributed by atoms with E-state index in [-0.39, 0.29) is 24.0 Å². The van der Waals surface area contributed by atoms with Crippen molar-refractivity contribution in [3.8, 4) is 28.4 Å². The fourth-order valence-corrected chi connectivity index (χ4v) is 5.18. The number of hydrogen-bond donors (Lipinski definition) is 0. The summed E-state index contributed by atoms with van der Waals surface area (Å²) < 4.78 is 19.5. The van der Waals surface area contributed by atoms with Crippen LogP contribution in [-0.4, -0.2) is 47.2 Å². The largest absolute Gasteiger partial charge is 0.493 e. The third-order valence-electron chi connectivity index (χ3n) is 7.41. The fraction of sp³-hybridized carbons (Fsp3) is 0.333. The number of nitrogens with zero attached hydrogens (tertiary/aromatic N) is 3. The number of rotatable bonds is 8. The Morgan fingerprint density at radius 3 is 2.38 bits per heavy atom. The van der Waals surface area contributed by atoms with Crippen LogP contribution in [0.3, 0.4) is 0 Å². The number of carbonyl (C=O) groups is 1. The van der Waals surface area contributed by atoms with Crippen LogP contribution in [0, 0.1) is 5.92 Å². The Hall–Kier alpha value is -4.00. The molecular formula is C30H33N3O4. The molecule has 3 atom stereocenters. The van der Waals surface area contributed by atoms with Crippen molar-refractivity contribution in [2.45, 2.75) is 32.4 Å². The van der Waals surface area contributed by atoms with Gasteiger partial charge in [0.25, 0.3) is 0 Å². The minimum absolute atomic E-state index is 0.0306. The lowest BCUT2D eigenvalue weighted by molar-refractivity contribution is -0.129. The van der Waals surface area contributed by atoms with Gasteiger partial charge in [-0.3, -0.25) is 4.79 Å². The van der Waals surface area contributed by atoms with E-state index in [1.54, 1.807) is 20.5 Å². The molecule has 1 aliphatic rings. The van der Waals surface area contributed by atoms with Crippen LogP contribution in [0.2, 0.25) is 0 Å². The number of hydrogen-bond acceptors (Lipinski definition) is 5. The highest BCUT2D eigenvalue weighted by Gasteiger charge is 2.37. The lowest BCUT2D eigenvalue weighted by atomic mass is 10.0. The molecule has 1 saturated heterocycles. The Balaban J connectivity index is 1.42. The summed E-state index contributed by atoms with van der Waals surface area (Å²) in [7, 11) is 5.22. The minimum Gasteiger partial charge on any atom is -0.493 e. The summed E-state index contributed by atoms with van der Waals surface area (Å²) >= 11 is 0. The molecule has 0 N–H and O–H groups in total. The van der Waals surface area contributed by atoms with Gasteiger partial charge in [-0.15, -0.1) is 0 Å². The number of methoxy groups -OCH3 is 2. The van der Waals surface area contributed by atoms with Crippen LogP contribution >= 0.6 is 0 Å². The molecule has 37 heavy (non-hydrogen) atoms. The Kier molecular flexibility index (Phi) is 6.78. The Morgan fingerprint density at radius 1 is 0.919 bits per heavy atom. The molecule has 1 amide bonds. The normalized spacial score (nSPS) is 17.2. The number of carbonyl (C=O) groups excluding carboxylic acids is 1. The van der Waals surface area contributed by atoms with Gasteiger partial charge in [-0.1, -0.05) is 36.4 Å². The lowest BCUT2D eigenvalue weighted by Gasteiger charge is -2.27. The van der Waals surface area contributed by atoms with Crippen molar-refractivity contribution in [2.75, 3.05) is 20.8 Å². The summed E-state index contributed by atoms with van der Waals surface area (Å²) in [6.07, 6.45) is 2.11. The highest BCUT2D eigenvalue weighted by molar-refractivity contribution is 5.88. The molecular weight excluding hydrogens is 466 g/mol. The molecule has 1 aromatic heterocycles. The SMILES string of the molecule is COc1ccc(-c2cc(O[C@H](C)[C@@H]3CC(=O)N([C@H](C)c4ccccc4)C3)c3c(c2)ncn3C)cc1OC. The maximum Gasteiger partial charge on any atom is 0.223 e. The summed E-state index contributed by atoms with van der Waals surface area (Å²) in [5, 5.41) is 0. The van der Waals surface area contributed by atoms with E-state index in [0.717, 1.165) is 33.5 Å². The number of ether oxygens (including phenoxy) is 3. The van der Waals surface area contributed by atoms with E-state index in [9.17, 15) is 4.79 Å². The van der Waals surface area contributed by atoms with E-state index < -0.39 is 0 Å². The summed E-state index contributed by atoms with van der Waals surface area (Å²) in [5.74, 6) is 2.34. The highest BCUT2D eigenvalue weighted by atomic mass is 16.5. The topological polar surface area (TPSA) is 65.8 Å². The highest BCUT2D eigenvalue weighted by Crippen LogP contribution is 2.38. The standard InChI is InChI=1S/C30H33N3O4/c1-19(21-9-7-6-8-10-21)33-17-24(16-29(33)34)20(2)37-28-15-23(13-25-30(28)32(3)18-31-25)22-11-12-26(35-4)27(14-22)36-5/h6-15,18-20,24H,16-17H2,1-5H3/t19-,20-,24-/m1/s1. The molecule has 7 heteroatoms. The van der Waals surface area contributed by atoms with Crippen molar-refractivity contribution in [1.82, 2.24) is 14.5 Å². The van der Waals surface area contributed by atoms with Crippen molar-refractivity contribution < 1.29 is 19.0 Å². The van der Waals surface area contributed by atoms with Crippen LogP contribution in [-0.2, 0) is 11.8 Å².